The average molecular weight is 328 g/mol. The van der Waals surface area contributed by atoms with E-state index in [0.717, 1.165) is 11.1 Å². The Morgan fingerprint density at radius 3 is 2.42 bits per heavy atom. The van der Waals surface area contributed by atoms with E-state index in [1.807, 2.05) is 45.0 Å². The molecule has 2 N–H and O–H groups in total. The number of anilines is 1. The zero-order valence-corrected chi connectivity index (χ0v) is 14.5. The molecule has 0 aliphatic rings. The van der Waals surface area contributed by atoms with E-state index in [-0.39, 0.29) is 30.3 Å². The summed E-state index contributed by atoms with van der Waals surface area (Å²) in [5, 5.41) is 9.90. The maximum absolute atomic E-state index is 12.4. The molecule has 0 aliphatic heterocycles. The van der Waals surface area contributed by atoms with Crippen molar-refractivity contribution in [2.45, 2.75) is 46.2 Å². The smallest absolute Gasteiger partial charge is 0.227 e. The molecule has 2 aromatic rings. The zero-order chi connectivity index (χ0) is 17.7. The van der Waals surface area contributed by atoms with Gasteiger partial charge in [0.15, 0.2) is 0 Å². The molecule has 1 atom stereocenters. The van der Waals surface area contributed by atoms with Gasteiger partial charge in [0.25, 0.3) is 0 Å². The molecule has 2 rings (SSSR count). The van der Waals surface area contributed by atoms with Crippen LogP contribution in [0.1, 0.15) is 50.4 Å². The molecule has 0 spiro atoms. The Bertz CT molecular complexity index is 704. The molecule has 0 bridgehead atoms. The third kappa shape index (κ3) is 4.68. The van der Waals surface area contributed by atoms with Gasteiger partial charge in [-0.05, 0) is 26.3 Å². The number of carbonyl (C=O) groups is 2. The maximum atomic E-state index is 12.4. The first-order chi connectivity index (χ1) is 11.4. The molecule has 2 amide bonds. The molecule has 0 radical (unpaired) electrons. The highest BCUT2D eigenvalue weighted by Gasteiger charge is 2.18. The van der Waals surface area contributed by atoms with E-state index in [9.17, 15) is 9.59 Å². The van der Waals surface area contributed by atoms with Crippen LogP contribution in [0.4, 0.5) is 5.82 Å². The summed E-state index contributed by atoms with van der Waals surface area (Å²) in [5.41, 5.74) is 2.04. The van der Waals surface area contributed by atoms with E-state index in [1.54, 1.807) is 16.9 Å². The van der Waals surface area contributed by atoms with Crippen LogP contribution in [0, 0.1) is 6.92 Å². The van der Waals surface area contributed by atoms with Crippen LogP contribution < -0.4 is 10.6 Å². The van der Waals surface area contributed by atoms with Gasteiger partial charge in [-0.1, -0.05) is 29.8 Å². The second-order valence-corrected chi connectivity index (χ2v) is 6.17. The number of rotatable bonds is 6. The van der Waals surface area contributed by atoms with Gasteiger partial charge in [0.1, 0.15) is 5.82 Å². The van der Waals surface area contributed by atoms with Crippen molar-refractivity contribution in [3.8, 4) is 0 Å². The van der Waals surface area contributed by atoms with E-state index >= 15 is 0 Å². The predicted molar refractivity (Wildman–Crippen MR) is 93.6 cm³/mol. The van der Waals surface area contributed by atoms with Crippen molar-refractivity contribution in [2.24, 2.45) is 0 Å². The van der Waals surface area contributed by atoms with Crippen LogP contribution in [-0.2, 0) is 9.59 Å². The van der Waals surface area contributed by atoms with Crippen LogP contribution in [-0.4, -0.2) is 21.6 Å². The standard InChI is InChI=1S/C18H24N4O2/c1-12(2)22-17(9-10-19-22)21-18(24)11-16(20-14(4)23)15-7-5-13(3)6-8-15/h5-10,12,16H,11H2,1-4H3,(H,20,23)(H,21,24)/t16-/m1/s1. The number of nitrogens with one attached hydrogen (secondary N) is 2. The van der Waals surface area contributed by atoms with Gasteiger partial charge in [-0.25, -0.2) is 4.68 Å². The second kappa shape index (κ2) is 7.77. The van der Waals surface area contributed by atoms with Crippen LogP contribution >= 0.6 is 0 Å². The fraction of sp³-hybridized carbons (Fsp3) is 0.389. The molecule has 1 aromatic carbocycles. The van der Waals surface area contributed by atoms with Crippen molar-refractivity contribution in [3.05, 3.63) is 47.7 Å². The molecular formula is C18H24N4O2. The molecule has 0 aliphatic carbocycles. The zero-order valence-electron chi connectivity index (χ0n) is 14.5. The average Bonchev–Trinajstić information content (AvgIpc) is 2.95. The summed E-state index contributed by atoms with van der Waals surface area (Å²) in [7, 11) is 0. The van der Waals surface area contributed by atoms with E-state index in [4.69, 9.17) is 0 Å². The van der Waals surface area contributed by atoms with Gasteiger partial charge < -0.3 is 10.6 Å². The lowest BCUT2D eigenvalue weighted by molar-refractivity contribution is -0.120. The van der Waals surface area contributed by atoms with Gasteiger partial charge in [-0.3, -0.25) is 9.59 Å². The minimum absolute atomic E-state index is 0.151. The van der Waals surface area contributed by atoms with E-state index in [0.29, 0.717) is 5.82 Å². The van der Waals surface area contributed by atoms with Crippen molar-refractivity contribution in [2.75, 3.05) is 5.32 Å². The lowest BCUT2D eigenvalue weighted by Gasteiger charge is -2.19. The molecule has 6 nitrogen and oxygen atoms in total. The number of hydrogen-bond donors (Lipinski definition) is 2. The third-order valence-electron chi connectivity index (χ3n) is 3.67. The summed E-state index contributed by atoms with van der Waals surface area (Å²) in [6.45, 7) is 7.44. The Hall–Kier alpha value is -2.63. The molecule has 0 saturated heterocycles. The van der Waals surface area contributed by atoms with E-state index in [2.05, 4.69) is 15.7 Å². The van der Waals surface area contributed by atoms with Crippen LogP contribution in [0.25, 0.3) is 0 Å². The normalized spacial score (nSPS) is 12.0. The first-order valence-electron chi connectivity index (χ1n) is 8.04. The Morgan fingerprint density at radius 1 is 1.17 bits per heavy atom. The molecule has 1 aromatic heterocycles. The highest BCUT2D eigenvalue weighted by atomic mass is 16.2. The van der Waals surface area contributed by atoms with Crippen LogP contribution in [0.5, 0.6) is 0 Å². The molecular weight excluding hydrogens is 304 g/mol. The Balaban J connectivity index is 2.11. The molecule has 0 saturated carbocycles. The number of nitrogens with zero attached hydrogens (tertiary/aromatic N) is 2. The third-order valence-corrected chi connectivity index (χ3v) is 3.67. The van der Waals surface area contributed by atoms with Crippen LogP contribution in [0.3, 0.4) is 0 Å². The lowest BCUT2D eigenvalue weighted by atomic mass is 10.0. The Labute approximate surface area is 142 Å². The Morgan fingerprint density at radius 2 is 1.83 bits per heavy atom. The number of hydrogen-bond acceptors (Lipinski definition) is 3. The summed E-state index contributed by atoms with van der Waals surface area (Å²) in [6.07, 6.45) is 1.81. The highest BCUT2D eigenvalue weighted by Crippen LogP contribution is 2.19. The first-order valence-corrected chi connectivity index (χ1v) is 8.04. The second-order valence-electron chi connectivity index (χ2n) is 6.17. The van der Waals surface area contributed by atoms with Crippen LogP contribution in [0.15, 0.2) is 36.5 Å². The van der Waals surface area contributed by atoms with Gasteiger partial charge in [0.2, 0.25) is 11.8 Å². The molecule has 128 valence electrons. The van der Waals surface area contributed by atoms with Crippen molar-refractivity contribution < 1.29 is 9.59 Å². The fourth-order valence-electron chi connectivity index (χ4n) is 2.50. The van der Waals surface area contributed by atoms with Crippen molar-refractivity contribution >= 4 is 17.6 Å². The fourth-order valence-corrected chi connectivity index (χ4v) is 2.50. The summed E-state index contributed by atoms with van der Waals surface area (Å²) < 4.78 is 1.75. The Kier molecular flexibility index (Phi) is 5.73. The van der Waals surface area contributed by atoms with Crippen molar-refractivity contribution in [1.29, 1.82) is 0 Å². The predicted octanol–water partition coefficient (Wildman–Crippen LogP) is 2.98. The van der Waals surface area contributed by atoms with Crippen LogP contribution in [0.2, 0.25) is 0 Å². The number of amides is 2. The summed E-state index contributed by atoms with van der Waals surface area (Å²) in [6, 6.07) is 9.35. The van der Waals surface area contributed by atoms with E-state index < -0.39 is 0 Å². The van der Waals surface area contributed by atoms with Gasteiger partial charge in [0, 0.05) is 19.0 Å². The number of benzene rings is 1. The first kappa shape index (κ1) is 17.7. The van der Waals surface area contributed by atoms with Gasteiger partial charge >= 0.3 is 0 Å². The molecule has 1 heterocycles. The quantitative estimate of drug-likeness (QED) is 0.856. The van der Waals surface area contributed by atoms with Gasteiger partial charge in [0.05, 0.1) is 18.7 Å². The number of aryl methyl sites for hydroxylation is 1. The summed E-state index contributed by atoms with van der Waals surface area (Å²) in [4.78, 5) is 23.9. The molecule has 6 heteroatoms. The largest absolute Gasteiger partial charge is 0.349 e. The minimum atomic E-state index is -0.362. The molecule has 0 fully saturated rings. The van der Waals surface area contributed by atoms with Crippen molar-refractivity contribution in [3.63, 3.8) is 0 Å². The SMILES string of the molecule is CC(=O)N[C@H](CC(=O)Nc1ccnn1C(C)C)c1ccc(C)cc1. The highest BCUT2D eigenvalue weighted by molar-refractivity contribution is 5.90. The summed E-state index contributed by atoms with van der Waals surface area (Å²) in [5.74, 6) is 0.317. The summed E-state index contributed by atoms with van der Waals surface area (Å²) >= 11 is 0. The van der Waals surface area contributed by atoms with Crippen molar-refractivity contribution in [1.82, 2.24) is 15.1 Å². The maximum Gasteiger partial charge on any atom is 0.227 e. The number of carbonyl (C=O) groups excluding carboxylic acids is 2. The molecule has 24 heavy (non-hydrogen) atoms. The number of aromatic nitrogens is 2. The van der Waals surface area contributed by atoms with Gasteiger partial charge in [-0.2, -0.15) is 5.10 Å². The minimum Gasteiger partial charge on any atom is -0.349 e. The lowest BCUT2D eigenvalue weighted by Crippen LogP contribution is -2.30. The van der Waals surface area contributed by atoms with E-state index in [1.165, 1.54) is 6.92 Å². The molecule has 0 unspecified atom stereocenters. The monoisotopic (exact) mass is 328 g/mol. The topological polar surface area (TPSA) is 76.0 Å². The van der Waals surface area contributed by atoms with Gasteiger partial charge in [-0.15, -0.1) is 0 Å².